The first-order valence-corrected chi connectivity index (χ1v) is 6.37. The van der Waals surface area contributed by atoms with Gasteiger partial charge in [0.25, 0.3) is 0 Å². The molecule has 1 fully saturated rings. The summed E-state index contributed by atoms with van der Waals surface area (Å²) in [6.45, 7) is 0.866. The Morgan fingerprint density at radius 2 is 2.37 bits per heavy atom. The van der Waals surface area contributed by atoms with E-state index >= 15 is 0 Å². The highest BCUT2D eigenvalue weighted by Crippen LogP contribution is 2.19. The molecule has 1 aliphatic rings. The van der Waals surface area contributed by atoms with Crippen molar-refractivity contribution in [2.24, 2.45) is 0 Å². The van der Waals surface area contributed by atoms with E-state index in [4.69, 9.17) is 16.3 Å². The van der Waals surface area contributed by atoms with Crippen LogP contribution in [0.25, 0.3) is 0 Å². The second kappa shape index (κ2) is 5.86. The minimum absolute atomic E-state index is 0.0516. The molecule has 1 heterocycles. The third-order valence-corrected chi connectivity index (χ3v) is 3.42. The summed E-state index contributed by atoms with van der Waals surface area (Å²) < 4.78 is 17.9. The van der Waals surface area contributed by atoms with E-state index in [-0.39, 0.29) is 30.5 Å². The molecule has 4 nitrogen and oxygen atoms in total. The van der Waals surface area contributed by atoms with Gasteiger partial charge >= 0.3 is 0 Å². The molecule has 1 aromatic rings. The van der Waals surface area contributed by atoms with E-state index in [0.29, 0.717) is 18.6 Å². The zero-order chi connectivity index (χ0) is 13.9. The number of amides is 1. The first-order valence-electron chi connectivity index (χ1n) is 5.99. The smallest absolute Gasteiger partial charge is 0.224 e. The average Bonchev–Trinajstić information content (AvgIpc) is 2.78. The van der Waals surface area contributed by atoms with Gasteiger partial charge in [0.05, 0.1) is 13.0 Å². The summed E-state index contributed by atoms with van der Waals surface area (Å²) in [5, 5.41) is 12.8. The van der Waals surface area contributed by atoms with Crippen LogP contribution < -0.4 is 5.32 Å². The van der Waals surface area contributed by atoms with Crippen molar-refractivity contribution in [3.05, 3.63) is 34.6 Å². The van der Waals surface area contributed by atoms with Crippen LogP contribution in [0.1, 0.15) is 12.0 Å². The van der Waals surface area contributed by atoms with Crippen LogP contribution in [0.2, 0.25) is 5.02 Å². The molecule has 1 aliphatic heterocycles. The fraction of sp³-hybridized carbons (Fsp3) is 0.462. The lowest BCUT2D eigenvalue weighted by Gasteiger charge is -2.20. The molecule has 0 spiro atoms. The van der Waals surface area contributed by atoms with Gasteiger partial charge in [0.15, 0.2) is 0 Å². The number of carbonyl (C=O) groups is 1. The maximum atomic E-state index is 12.9. The predicted molar refractivity (Wildman–Crippen MR) is 68.5 cm³/mol. The number of hydrogen-bond acceptors (Lipinski definition) is 3. The van der Waals surface area contributed by atoms with Gasteiger partial charge < -0.3 is 15.2 Å². The fourth-order valence-electron chi connectivity index (χ4n) is 1.90. The number of halogens is 2. The number of aliphatic hydroxyl groups is 1. The average molecular weight is 288 g/mol. The summed E-state index contributed by atoms with van der Waals surface area (Å²) in [5.74, 6) is -0.708. The molecule has 0 saturated carbocycles. The maximum Gasteiger partial charge on any atom is 0.224 e. The molecule has 1 saturated heterocycles. The van der Waals surface area contributed by atoms with Crippen molar-refractivity contribution in [1.29, 1.82) is 0 Å². The van der Waals surface area contributed by atoms with E-state index in [2.05, 4.69) is 5.32 Å². The standard InChI is InChI=1S/C13H15ClFNO3/c14-11-6-10(15)2-1-9(11)5-12(17)16-7-13(18)3-4-19-8-13/h1-2,6,18H,3-5,7-8H2,(H,16,17)/t13-/m1/s1. The molecule has 0 bridgehead atoms. The number of ether oxygens (including phenoxy) is 1. The minimum Gasteiger partial charge on any atom is -0.386 e. The first kappa shape index (κ1) is 14.2. The molecule has 104 valence electrons. The minimum atomic E-state index is -0.984. The van der Waals surface area contributed by atoms with Gasteiger partial charge in [-0.25, -0.2) is 4.39 Å². The van der Waals surface area contributed by atoms with E-state index in [9.17, 15) is 14.3 Å². The molecule has 1 atom stereocenters. The molecule has 19 heavy (non-hydrogen) atoms. The third kappa shape index (κ3) is 3.89. The molecular formula is C13H15ClFNO3. The van der Waals surface area contributed by atoms with Gasteiger partial charge in [-0.2, -0.15) is 0 Å². The molecule has 1 aromatic carbocycles. The fourth-order valence-corrected chi connectivity index (χ4v) is 2.13. The Hall–Kier alpha value is -1.17. The molecule has 6 heteroatoms. The van der Waals surface area contributed by atoms with Gasteiger partial charge in [-0.3, -0.25) is 4.79 Å². The van der Waals surface area contributed by atoms with E-state index in [0.717, 1.165) is 0 Å². The van der Waals surface area contributed by atoms with Crippen molar-refractivity contribution in [3.63, 3.8) is 0 Å². The summed E-state index contributed by atoms with van der Waals surface area (Å²) in [6, 6.07) is 3.90. The first-order chi connectivity index (χ1) is 8.98. The Morgan fingerprint density at radius 1 is 1.58 bits per heavy atom. The van der Waals surface area contributed by atoms with Gasteiger partial charge in [0, 0.05) is 24.6 Å². The molecular weight excluding hydrogens is 273 g/mol. The van der Waals surface area contributed by atoms with E-state index < -0.39 is 11.4 Å². The number of carbonyl (C=O) groups excluding carboxylic acids is 1. The number of benzene rings is 1. The van der Waals surface area contributed by atoms with Crippen LogP contribution in [0.5, 0.6) is 0 Å². The van der Waals surface area contributed by atoms with Crippen molar-refractivity contribution < 1.29 is 19.0 Å². The lowest BCUT2D eigenvalue weighted by Crippen LogP contribution is -2.43. The Morgan fingerprint density at radius 3 is 3.00 bits per heavy atom. The van der Waals surface area contributed by atoms with Crippen LogP contribution in [0.3, 0.4) is 0 Å². The zero-order valence-corrected chi connectivity index (χ0v) is 11.0. The Balaban J connectivity index is 1.87. The third-order valence-electron chi connectivity index (χ3n) is 3.06. The van der Waals surface area contributed by atoms with Gasteiger partial charge in [0.2, 0.25) is 5.91 Å². The van der Waals surface area contributed by atoms with Crippen LogP contribution in [0, 0.1) is 5.82 Å². The second-order valence-corrected chi connectivity index (χ2v) is 5.12. The number of rotatable bonds is 4. The SMILES string of the molecule is O=C(Cc1ccc(F)cc1Cl)NC[C@]1(O)CCOC1. The predicted octanol–water partition coefficient (Wildman–Crippen LogP) is 1.29. The quantitative estimate of drug-likeness (QED) is 0.877. The van der Waals surface area contributed by atoms with Crippen molar-refractivity contribution in [2.45, 2.75) is 18.4 Å². The van der Waals surface area contributed by atoms with Crippen molar-refractivity contribution in [1.82, 2.24) is 5.32 Å². The lowest BCUT2D eigenvalue weighted by molar-refractivity contribution is -0.121. The summed E-state index contributed by atoms with van der Waals surface area (Å²) in [5.41, 5.74) is -0.433. The number of hydrogen-bond donors (Lipinski definition) is 2. The van der Waals surface area contributed by atoms with Crippen LogP contribution in [0.4, 0.5) is 4.39 Å². The van der Waals surface area contributed by atoms with Crippen LogP contribution in [-0.2, 0) is 16.0 Å². The molecule has 0 unspecified atom stereocenters. The van der Waals surface area contributed by atoms with Crippen LogP contribution >= 0.6 is 11.6 Å². The van der Waals surface area contributed by atoms with E-state index in [1.54, 1.807) is 0 Å². The number of nitrogens with one attached hydrogen (secondary N) is 1. The van der Waals surface area contributed by atoms with E-state index in [1.165, 1.54) is 18.2 Å². The Kier molecular flexibility index (Phi) is 4.39. The van der Waals surface area contributed by atoms with Crippen molar-refractivity contribution >= 4 is 17.5 Å². The van der Waals surface area contributed by atoms with Crippen LogP contribution in [-0.4, -0.2) is 36.4 Å². The molecule has 0 aliphatic carbocycles. The van der Waals surface area contributed by atoms with Gasteiger partial charge in [-0.1, -0.05) is 17.7 Å². The summed E-state index contributed by atoms with van der Waals surface area (Å²) in [4.78, 5) is 11.7. The second-order valence-electron chi connectivity index (χ2n) is 4.72. The van der Waals surface area contributed by atoms with E-state index in [1.807, 2.05) is 0 Å². The monoisotopic (exact) mass is 287 g/mol. The highest BCUT2D eigenvalue weighted by atomic mass is 35.5. The summed E-state index contributed by atoms with van der Waals surface area (Å²) in [7, 11) is 0. The normalized spacial score (nSPS) is 22.5. The zero-order valence-electron chi connectivity index (χ0n) is 10.3. The largest absolute Gasteiger partial charge is 0.386 e. The molecule has 2 N–H and O–H groups in total. The Labute approximate surface area is 115 Å². The molecule has 1 amide bonds. The van der Waals surface area contributed by atoms with Gasteiger partial charge in [-0.15, -0.1) is 0 Å². The van der Waals surface area contributed by atoms with Gasteiger partial charge in [0.1, 0.15) is 11.4 Å². The van der Waals surface area contributed by atoms with Crippen molar-refractivity contribution in [3.8, 4) is 0 Å². The topological polar surface area (TPSA) is 58.6 Å². The van der Waals surface area contributed by atoms with Gasteiger partial charge in [-0.05, 0) is 17.7 Å². The Bertz CT molecular complexity index is 475. The maximum absolute atomic E-state index is 12.9. The van der Waals surface area contributed by atoms with Crippen molar-refractivity contribution in [2.75, 3.05) is 19.8 Å². The molecule has 0 radical (unpaired) electrons. The highest BCUT2D eigenvalue weighted by molar-refractivity contribution is 6.31. The van der Waals surface area contributed by atoms with Crippen LogP contribution in [0.15, 0.2) is 18.2 Å². The summed E-state index contributed by atoms with van der Waals surface area (Å²) in [6.07, 6.45) is 0.556. The molecule has 2 rings (SSSR count). The lowest BCUT2D eigenvalue weighted by atomic mass is 10.0. The summed E-state index contributed by atoms with van der Waals surface area (Å²) >= 11 is 5.84. The highest BCUT2D eigenvalue weighted by Gasteiger charge is 2.32. The molecule has 0 aromatic heterocycles.